The van der Waals surface area contributed by atoms with Crippen LogP contribution in [0.4, 0.5) is 22.9 Å². The largest absolute Gasteiger partial charge is 0.324 e. The van der Waals surface area contributed by atoms with Crippen LogP contribution >= 0.6 is 0 Å². The number of aromatic nitrogens is 1. The minimum absolute atomic E-state index is 0.0213. The van der Waals surface area contributed by atoms with Crippen LogP contribution in [0.5, 0.6) is 0 Å². The van der Waals surface area contributed by atoms with Crippen LogP contribution in [-0.2, 0) is 10.8 Å². The molecular weight excluding hydrogens is 609 g/mol. The highest BCUT2D eigenvalue weighted by Gasteiger charge is 2.27. The van der Waals surface area contributed by atoms with E-state index in [0.29, 0.717) is 0 Å². The summed E-state index contributed by atoms with van der Waals surface area (Å²) in [5.74, 6) is 7.07. The summed E-state index contributed by atoms with van der Waals surface area (Å²) in [5, 5.41) is 1.17. The first-order valence-corrected chi connectivity index (χ1v) is 17.4. The number of para-hydroxylation sites is 1. The second-order valence-corrected chi connectivity index (χ2v) is 15.1. The summed E-state index contributed by atoms with van der Waals surface area (Å²) in [6, 6.07) is 54.7. The Morgan fingerprint density at radius 3 is 1.80 bits per heavy atom. The first kappa shape index (κ1) is 32.9. The highest BCUT2D eigenvalue weighted by molar-refractivity contribution is 5.96. The normalized spacial score (nSPS) is 11.9. The van der Waals surface area contributed by atoms with Crippen LogP contribution < -0.4 is 16.2 Å². The monoisotopic (exact) mass is 654 g/mol. The number of nitrogens with zero attached hydrogens (tertiary/aromatic N) is 2. The number of hydrazine groups is 1. The van der Waals surface area contributed by atoms with Gasteiger partial charge >= 0.3 is 0 Å². The average molecular weight is 655 g/mol. The number of nitrogens with two attached hydrogens (primary N) is 1. The smallest absolute Gasteiger partial charge is 0.123 e. The lowest BCUT2D eigenvalue weighted by atomic mass is 9.84. The van der Waals surface area contributed by atoms with Crippen molar-refractivity contribution < 1.29 is 0 Å². The molecule has 0 bridgehead atoms. The van der Waals surface area contributed by atoms with E-state index in [0.717, 1.165) is 50.8 Å². The fraction of sp³-hybridized carbons (Fsp3) is 0.174. The third kappa shape index (κ3) is 6.31. The number of benzene rings is 6. The van der Waals surface area contributed by atoms with Crippen LogP contribution in [-0.4, -0.2) is 4.57 Å². The number of anilines is 4. The van der Waals surface area contributed by atoms with E-state index in [1.807, 2.05) is 6.07 Å². The molecule has 3 N–H and O–H groups in total. The van der Waals surface area contributed by atoms with Crippen LogP contribution in [0.1, 0.15) is 52.7 Å². The molecule has 0 saturated carbocycles. The maximum absolute atomic E-state index is 6.04. The van der Waals surface area contributed by atoms with Gasteiger partial charge in [-0.3, -0.25) is 15.3 Å². The minimum atomic E-state index is -0.0246. The summed E-state index contributed by atoms with van der Waals surface area (Å²) in [6.07, 6.45) is 0. The zero-order valence-electron chi connectivity index (χ0n) is 29.9. The Morgan fingerprint density at radius 1 is 0.540 bits per heavy atom. The summed E-state index contributed by atoms with van der Waals surface area (Å²) >= 11 is 0. The molecule has 0 amide bonds. The Balaban J connectivity index is 1.62. The van der Waals surface area contributed by atoms with Gasteiger partial charge in [-0.1, -0.05) is 145 Å². The maximum Gasteiger partial charge on any atom is 0.123 e. The molecule has 6 aromatic carbocycles. The van der Waals surface area contributed by atoms with Crippen molar-refractivity contribution in [1.82, 2.24) is 4.57 Å². The molecule has 0 fully saturated rings. The van der Waals surface area contributed by atoms with Crippen molar-refractivity contribution in [2.75, 3.05) is 10.3 Å². The van der Waals surface area contributed by atoms with Crippen LogP contribution in [0.25, 0.3) is 38.8 Å². The fourth-order valence-electron chi connectivity index (χ4n) is 6.78. The molecule has 1 aromatic heterocycles. The topological polar surface area (TPSA) is 46.2 Å². The molecule has 0 unspecified atom stereocenters. The van der Waals surface area contributed by atoms with Crippen molar-refractivity contribution in [2.45, 2.75) is 52.4 Å². The Labute approximate surface area is 296 Å². The maximum atomic E-state index is 6.04. The standard InChI is InChI=1S/C46H46N4/c1-45(2,3)35-26-27-42(40(29-35)33-18-11-8-12-19-33)49(38-21-15-20-37(31-38)48-47)44-28-34-24-25-36(46(4,5)6)30-43(34)50(44)41-23-14-13-22-39(41)32-16-9-7-10-17-32/h7-31,48H,47H2,1-6H3. The molecule has 0 aliphatic carbocycles. The van der Waals surface area contributed by atoms with Gasteiger partial charge in [0.05, 0.1) is 22.6 Å². The summed E-state index contributed by atoms with van der Waals surface area (Å²) < 4.78 is 2.45. The Kier molecular flexibility index (Phi) is 8.59. The Hall–Kier alpha value is -5.58. The van der Waals surface area contributed by atoms with Crippen LogP contribution in [0.15, 0.2) is 152 Å². The van der Waals surface area contributed by atoms with Gasteiger partial charge < -0.3 is 5.43 Å². The van der Waals surface area contributed by atoms with Gasteiger partial charge in [0.15, 0.2) is 0 Å². The molecule has 4 nitrogen and oxygen atoms in total. The molecule has 0 radical (unpaired) electrons. The van der Waals surface area contributed by atoms with Crippen LogP contribution in [0.3, 0.4) is 0 Å². The molecular formula is C46H46N4. The van der Waals surface area contributed by atoms with Crippen molar-refractivity contribution >= 4 is 33.8 Å². The van der Waals surface area contributed by atoms with Gasteiger partial charge in [-0.25, -0.2) is 0 Å². The van der Waals surface area contributed by atoms with Gasteiger partial charge in [0.2, 0.25) is 0 Å². The van der Waals surface area contributed by atoms with Gasteiger partial charge in [-0.2, -0.15) is 0 Å². The predicted molar refractivity (Wildman–Crippen MR) is 214 cm³/mol. The highest BCUT2D eigenvalue weighted by atomic mass is 15.3. The van der Waals surface area contributed by atoms with Gasteiger partial charge in [-0.05, 0) is 81.6 Å². The van der Waals surface area contributed by atoms with Crippen molar-refractivity contribution in [3.8, 4) is 27.9 Å². The fourth-order valence-corrected chi connectivity index (χ4v) is 6.78. The van der Waals surface area contributed by atoms with Crippen molar-refractivity contribution in [3.63, 3.8) is 0 Å². The zero-order valence-corrected chi connectivity index (χ0v) is 29.9. The zero-order chi connectivity index (χ0) is 35.0. The molecule has 250 valence electrons. The summed E-state index contributed by atoms with van der Waals surface area (Å²) in [4.78, 5) is 2.40. The number of nitrogen functional groups attached to an aromatic ring is 1. The summed E-state index contributed by atoms with van der Waals surface area (Å²) in [6.45, 7) is 13.7. The summed E-state index contributed by atoms with van der Waals surface area (Å²) in [5.41, 5.74) is 15.2. The highest BCUT2D eigenvalue weighted by Crippen LogP contribution is 2.47. The van der Waals surface area contributed by atoms with E-state index in [-0.39, 0.29) is 10.8 Å². The lowest BCUT2D eigenvalue weighted by Gasteiger charge is -2.31. The lowest BCUT2D eigenvalue weighted by molar-refractivity contribution is 0.590. The third-order valence-electron chi connectivity index (χ3n) is 9.57. The van der Waals surface area contributed by atoms with Gasteiger partial charge in [0.1, 0.15) is 5.82 Å². The molecule has 0 aliphatic rings. The van der Waals surface area contributed by atoms with E-state index >= 15 is 0 Å². The van der Waals surface area contributed by atoms with E-state index in [1.165, 1.54) is 22.1 Å². The van der Waals surface area contributed by atoms with Crippen molar-refractivity contribution in [3.05, 3.63) is 163 Å². The predicted octanol–water partition coefficient (Wildman–Crippen LogP) is 12.3. The average Bonchev–Trinajstić information content (AvgIpc) is 3.50. The molecule has 4 heteroatoms. The molecule has 0 saturated heterocycles. The number of nitrogens with one attached hydrogen (secondary N) is 1. The van der Waals surface area contributed by atoms with Crippen molar-refractivity contribution in [1.29, 1.82) is 0 Å². The molecule has 0 atom stereocenters. The lowest BCUT2D eigenvalue weighted by Crippen LogP contribution is -2.17. The van der Waals surface area contributed by atoms with E-state index in [4.69, 9.17) is 5.84 Å². The van der Waals surface area contributed by atoms with Crippen molar-refractivity contribution in [2.24, 2.45) is 5.84 Å². The van der Waals surface area contributed by atoms with Gasteiger partial charge in [-0.15, -0.1) is 0 Å². The number of hydrogen-bond donors (Lipinski definition) is 2. The Morgan fingerprint density at radius 2 is 1.14 bits per heavy atom. The minimum Gasteiger partial charge on any atom is -0.324 e. The number of hydrogen-bond acceptors (Lipinski definition) is 3. The van der Waals surface area contributed by atoms with E-state index in [9.17, 15) is 0 Å². The first-order valence-electron chi connectivity index (χ1n) is 17.4. The van der Waals surface area contributed by atoms with Crippen LogP contribution in [0, 0.1) is 0 Å². The van der Waals surface area contributed by atoms with E-state index < -0.39 is 0 Å². The molecule has 7 rings (SSSR count). The van der Waals surface area contributed by atoms with Gasteiger partial charge in [0.25, 0.3) is 0 Å². The van der Waals surface area contributed by atoms with E-state index in [2.05, 4.69) is 202 Å². The third-order valence-corrected chi connectivity index (χ3v) is 9.57. The molecule has 50 heavy (non-hydrogen) atoms. The van der Waals surface area contributed by atoms with E-state index in [1.54, 1.807) is 0 Å². The molecule has 1 heterocycles. The first-order chi connectivity index (χ1) is 24.0. The Bertz CT molecular complexity index is 2270. The SMILES string of the molecule is CC(C)(C)c1ccc(N(c2cccc(NN)c2)c2cc3ccc(C(C)(C)C)cc3n2-c2ccccc2-c2ccccc2)c(-c2ccccc2)c1. The number of fused-ring (bicyclic) bond motifs is 1. The second-order valence-electron chi connectivity index (χ2n) is 15.1. The second kappa shape index (κ2) is 13.0. The molecule has 0 aliphatic heterocycles. The number of rotatable bonds is 7. The quantitative estimate of drug-likeness (QED) is 0.133. The van der Waals surface area contributed by atoms with Gasteiger partial charge in [0, 0.05) is 22.2 Å². The summed E-state index contributed by atoms with van der Waals surface area (Å²) in [7, 11) is 0. The molecule has 0 spiro atoms. The van der Waals surface area contributed by atoms with Crippen LogP contribution in [0.2, 0.25) is 0 Å². The molecule has 7 aromatic rings.